The molecule has 0 aromatic heterocycles. The molecule has 0 aliphatic carbocycles. The van der Waals surface area contributed by atoms with Crippen molar-refractivity contribution < 1.29 is 14.3 Å². The maximum Gasteiger partial charge on any atom is 0.180 e. The smallest absolute Gasteiger partial charge is 0.180 e. The summed E-state index contributed by atoms with van der Waals surface area (Å²) in [5.74, 6) is 1.65. The van der Waals surface area contributed by atoms with Crippen LogP contribution >= 0.6 is 11.8 Å². The zero-order valence-corrected chi connectivity index (χ0v) is 12.2. The van der Waals surface area contributed by atoms with E-state index in [1.165, 1.54) is 0 Å². The average Bonchev–Trinajstić information content (AvgIpc) is 2.43. The molecule has 0 fully saturated rings. The van der Waals surface area contributed by atoms with E-state index in [1.54, 1.807) is 38.1 Å². The molecule has 0 saturated carbocycles. The van der Waals surface area contributed by atoms with Crippen LogP contribution in [-0.4, -0.2) is 31.0 Å². The summed E-state index contributed by atoms with van der Waals surface area (Å²) in [5, 5.41) is 0.481. The number of thioether (sulfide) groups is 1. The maximum absolute atomic E-state index is 12.2. The highest BCUT2D eigenvalue weighted by Gasteiger charge is 2.18. The van der Waals surface area contributed by atoms with Crippen molar-refractivity contribution in [3.8, 4) is 11.5 Å². The summed E-state index contributed by atoms with van der Waals surface area (Å²) in [4.78, 5) is 12.2. The lowest BCUT2D eigenvalue weighted by atomic mass is 10.1. The number of ether oxygens (including phenoxy) is 2. The second-order valence-electron chi connectivity index (χ2n) is 3.99. The van der Waals surface area contributed by atoms with E-state index < -0.39 is 0 Å². The van der Waals surface area contributed by atoms with Gasteiger partial charge in [0.05, 0.1) is 20.0 Å². The lowest BCUT2D eigenvalue weighted by Crippen LogP contribution is -2.09. The van der Waals surface area contributed by atoms with Crippen LogP contribution in [-0.2, 0) is 0 Å². The third-order valence-electron chi connectivity index (χ3n) is 2.78. The van der Waals surface area contributed by atoms with Crippen LogP contribution in [0.1, 0.15) is 30.6 Å². The van der Waals surface area contributed by atoms with Crippen LogP contribution in [0.2, 0.25) is 0 Å². The fourth-order valence-corrected chi connectivity index (χ4v) is 2.35. The van der Waals surface area contributed by atoms with Gasteiger partial charge in [0.25, 0.3) is 0 Å². The molecule has 4 heteroatoms. The Balaban J connectivity index is 2.89. The van der Waals surface area contributed by atoms with Crippen molar-refractivity contribution in [1.82, 2.24) is 0 Å². The van der Waals surface area contributed by atoms with Crippen LogP contribution in [0.4, 0.5) is 0 Å². The van der Waals surface area contributed by atoms with E-state index >= 15 is 0 Å². The van der Waals surface area contributed by atoms with E-state index in [0.29, 0.717) is 28.1 Å². The first-order chi connectivity index (χ1) is 8.63. The molecule has 0 N–H and O–H groups in total. The third kappa shape index (κ3) is 3.67. The molecular weight excluding hydrogens is 248 g/mol. The Labute approximate surface area is 113 Å². The van der Waals surface area contributed by atoms with E-state index in [-0.39, 0.29) is 5.78 Å². The van der Waals surface area contributed by atoms with Gasteiger partial charge in [-0.25, -0.2) is 0 Å². The normalized spacial score (nSPS) is 12.0. The molecule has 1 unspecified atom stereocenters. The second kappa shape index (κ2) is 7.31. The maximum atomic E-state index is 12.2. The van der Waals surface area contributed by atoms with E-state index in [4.69, 9.17) is 9.47 Å². The minimum absolute atomic E-state index is 0.0506. The van der Waals surface area contributed by atoms with Gasteiger partial charge in [0.2, 0.25) is 0 Å². The van der Waals surface area contributed by atoms with E-state index in [2.05, 4.69) is 13.8 Å². The number of hydrogen-bond acceptors (Lipinski definition) is 4. The number of hydrogen-bond donors (Lipinski definition) is 0. The topological polar surface area (TPSA) is 35.5 Å². The minimum Gasteiger partial charge on any atom is -0.496 e. The molecule has 100 valence electrons. The number of carbonyl (C=O) groups is 1. The van der Waals surface area contributed by atoms with Crippen LogP contribution in [0, 0.1) is 0 Å². The molecule has 0 aliphatic rings. The van der Waals surface area contributed by atoms with Gasteiger partial charge in [-0.2, -0.15) is 11.8 Å². The molecule has 1 rings (SSSR count). The van der Waals surface area contributed by atoms with Crippen molar-refractivity contribution >= 4 is 17.5 Å². The lowest BCUT2D eigenvalue weighted by molar-refractivity contribution is 0.101. The SMILES string of the molecule is CCC(C)SCC(=O)c1c(OC)cccc1OC. The highest BCUT2D eigenvalue weighted by atomic mass is 32.2. The first-order valence-electron chi connectivity index (χ1n) is 5.99. The minimum atomic E-state index is 0.0506. The Kier molecular flexibility index (Phi) is 6.05. The molecular formula is C14H20O3S. The quantitative estimate of drug-likeness (QED) is 0.710. The molecule has 1 aromatic rings. The van der Waals surface area contributed by atoms with Gasteiger partial charge < -0.3 is 9.47 Å². The summed E-state index contributed by atoms with van der Waals surface area (Å²) in [5.41, 5.74) is 0.540. The van der Waals surface area contributed by atoms with Crippen LogP contribution in [0.15, 0.2) is 18.2 Å². The number of rotatable bonds is 7. The van der Waals surface area contributed by atoms with Crippen LogP contribution < -0.4 is 9.47 Å². The molecule has 1 atom stereocenters. The van der Waals surface area contributed by atoms with Crippen LogP contribution in [0.3, 0.4) is 0 Å². The standard InChI is InChI=1S/C14H20O3S/c1-5-10(2)18-9-11(15)14-12(16-3)7-6-8-13(14)17-4/h6-8,10H,5,9H2,1-4H3. The van der Waals surface area contributed by atoms with Crippen LogP contribution in [0.5, 0.6) is 11.5 Å². The number of methoxy groups -OCH3 is 2. The van der Waals surface area contributed by atoms with Crippen molar-refractivity contribution in [3.05, 3.63) is 23.8 Å². The Morgan fingerprint density at radius 3 is 2.28 bits per heavy atom. The lowest BCUT2D eigenvalue weighted by Gasteiger charge is -2.13. The molecule has 0 radical (unpaired) electrons. The van der Waals surface area contributed by atoms with Crippen molar-refractivity contribution in [2.45, 2.75) is 25.5 Å². The zero-order valence-electron chi connectivity index (χ0n) is 11.4. The summed E-state index contributed by atoms with van der Waals surface area (Å²) in [6.45, 7) is 4.24. The fraction of sp³-hybridized carbons (Fsp3) is 0.500. The predicted octanol–water partition coefficient (Wildman–Crippen LogP) is 3.42. The summed E-state index contributed by atoms with van der Waals surface area (Å²) in [6, 6.07) is 5.38. The summed E-state index contributed by atoms with van der Waals surface area (Å²) in [6.07, 6.45) is 1.06. The summed E-state index contributed by atoms with van der Waals surface area (Å²) >= 11 is 1.66. The first-order valence-corrected chi connectivity index (χ1v) is 7.04. The van der Waals surface area contributed by atoms with Gasteiger partial charge in [0.15, 0.2) is 5.78 Å². The Morgan fingerprint density at radius 2 is 1.83 bits per heavy atom. The molecule has 0 aliphatic heterocycles. The Morgan fingerprint density at radius 1 is 1.28 bits per heavy atom. The van der Waals surface area contributed by atoms with Gasteiger partial charge in [-0.3, -0.25) is 4.79 Å². The van der Waals surface area contributed by atoms with Gasteiger partial charge in [-0.05, 0) is 18.6 Å². The average molecular weight is 268 g/mol. The highest BCUT2D eigenvalue weighted by molar-refractivity contribution is 8.00. The molecule has 0 spiro atoms. The number of Topliss-reactive ketones (excluding diaryl/α,β-unsaturated/α-hetero) is 1. The van der Waals surface area contributed by atoms with Gasteiger partial charge in [-0.1, -0.05) is 19.9 Å². The Hall–Kier alpha value is -1.16. The predicted molar refractivity (Wildman–Crippen MR) is 76.1 cm³/mol. The largest absolute Gasteiger partial charge is 0.496 e. The van der Waals surface area contributed by atoms with Crippen molar-refractivity contribution in [1.29, 1.82) is 0 Å². The van der Waals surface area contributed by atoms with E-state index in [0.717, 1.165) is 6.42 Å². The molecule has 18 heavy (non-hydrogen) atoms. The second-order valence-corrected chi connectivity index (χ2v) is 5.42. The molecule has 0 bridgehead atoms. The van der Waals surface area contributed by atoms with Gasteiger partial charge in [-0.15, -0.1) is 0 Å². The molecule has 0 heterocycles. The fourth-order valence-electron chi connectivity index (χ4n) is 1.53. The number of carbonyl (C=O) groups excluding carboxylic acids is 1. The summed E-state index contributed by atoms with van der Waals surface area (Å²) in [7, 11) is 3.13. The van der Waals surface area contributed by atoms with E-state index in [9.17, 15) is 4.79 Å². The first kappa shape index (κ1) is 14.9. The van der Waals surface area contributed by atoms with Gasteiger partial charge in [0, 0.05) is 5.25 Å². The third-order valence-corrected chi connectivity index (χ3v) is 4.11. The zero-order chi connectivity index (χ0) is 13.5. The van der Waals surface area contributed by atoms with Crippen molar-refractivity contribution in [2.24, 2.45) is 0 Å². The van der Waals surface area contributed by atoms with Crippen molar-refractivity contribution in [3.63, 3.8) is 0 Å². The number of benzene rings is 1. The molecule has 1 aromatic carbocycles. The van der Waals surface area contributed by atoms with Gasteiger partial charge in [0.1, 0.15) is 17.1 Å². The number of ketones is 1. The van der Waals surface area contributed by atoms with Crippen molar-refractivity contribution in [2.75, 3.05) is 20.0 Å². The Bertz CT molecular complexity index is 382. The molecule has 0 amide bonds. The molecule has 3 nitrogen and oxygen atoms in total. The monoisotopic (exact) mass is 268 g/mol. The van der Waals surface area contributed by atoms with E-state index in [1.807, 2.05) is 6.07 Å². The highest BCUT2D eigenvalue weighted by Crippen LogP contribution is 2.30. The van der Waals surface area contributed by atoms with Crippen LogP contribution in [0.25, 0.3) is 0 Å². The van der Waals surface area contributed by atoms with Gasteiger partial charge >= 0.3 is 0 Å². The molecule has 0 saturated heterocycles. The summed E-state index contributed by atoms with van der Waals surface area (Å²) < 4.78 is 10.5.